The molecule has 0 heterocycles. The number of benzene rings is 2. The van der Waals surface area contributed by atoms with Gasteiger partial charge in [-0.15, -0.1) is 0 Å². The average molecular weight is 309 g/mol. The molecule has 0 spiro atoms. The predicted molar refractivity (Wildman–Crippen MR) is 74.4 cm³/mol. The van der Waals surface area contributed by atoms with E-state index >= 15 is 0 Å². The fourth-order valence-electron chi connectivity index (χ4n) is 1.98. The number of hydrazine groups is 1. The van der Waals surface area contributed by atoms with Crippen LogP contribution in [-0.4, -0.2) is 0 Å². The van der Waals surface area contributed by atoms with Crippen molar-refractivity contribution in [1.29, 1.82) is 0 Å². The molecule has 0 aromatic heterocycles. The van der Waals surface area contributed by atoms with Gasteiger partial charge in [0.1, 0.15) is 5.82 Å². The SMILES string of the molecule is Cc1cccc(C(NN)c2cc(F)cc(Br)c2)c1. The summed E-state index contributed by atoms with van der Waals surface area (Å²) in [7, 11) is 0. The third kappa shape index (κ3) is 2.96. The van der Waals surface area contributed by atoms with Gasteiger partial charge in [-0.2, -0.15) is 0 Å². The zero-order valence-electron chi connectivity index (χ0n) is 9.95. The summed E-state index contributed by atoms with van der Waals surface area (Å²) >= 11 is 3.29. The zero-order valence-corrected chi connectivity index (χ0v) is 11.5. The van der Waals surface area contributed by atoms with Gasteiger partial charge in [0.05, 0.1) is 6.04 Å². The van der Waals surface area contributed by atoms with E-state index in [1.54, 1.807) is 0 Å². The average Bonchev–Trinajstić information content (AvgIpc) is 2.28. The van der Waals surface area contributed by atoms with Gasteiger partial charge in [-0.05, 0) is 36.2 Å². The Hall–Kier alpha value is -1.23. The van der Waals surface area contributed by atoms with Crippen LogP contribution in [0.5, 0.6) is 0 Å². The van der Waals surface area contributed by atoms with Gasteiger partial charge < -0.3 is 0 Å². The lowest BCUT2D eigenvalue weighted by Gasteiger charge is -2.17. The van der Waals surface area contributed by atoms with Crippen molar-refractivity contribution in [3.63, 3.8) is 0 Å². The largest absolute Gasteiger partial charge is 0.271 e. The molecule has 2 aromatic rings. The molecule has 0 radical (unpaired) electrons. The number of hydrogen-bond acceptors (Lipinski definition) is 2. The molecule has 4 heteroatoms. The van der Waals surface area contributed by atoms with E-state index in [0.29, 0.717) is 4.47 Å². The Morgan fingerprint density at radius 2 is 1.94 bits per heavy atom. The Morgan fingerprint density at radius 1 is 1.17 bits per heavy atom. The summed E-state index contributed by atoms with van der Waals surface area (Å²) in [6.45, 7) is 2.01. The lowest BCUT2D eigenvalue weighted by Crippen LogP contribution is -2.29. The highest BCUT2D eigenvalue weighted by molar-refractivity contribution is 9.10. The quantitative estimate of drug-likeness (QED) is 0.673. The van der Waals surface area contributed by atoms with Crippen LogP contribution in [-0.2, 0) is 0 Å². The van der Waals surface area contributed by atoms with Gasteiger partial charge in [0.15, 0.2) is 0 Å². The maximum absolute atomic E-state index is 13.4. The van der Waals surface area contributed by atoms with Gasteiger partial charge in [-0.1, -0.05) is 45.8 Å². The van der Waals surface area contributed by atoms with Gasteiger partial charge in [-0.3, -0.25) is 5.84 Å². The van der Waals surface area contributed by atoms with Gasteiger partial charge in [0.2, 0.25) is 0 Å². The molecule has 2 aromatic carbocycles. The summed E-state index contributed by atoms with van der Waals surface area (Å²) in [5.41, 5.74) is 5.67. The van der Waals surface area contributed by atoms with Gasteiger partial charge in [0, 0.05) is 4.47 Å². The molecule has 0 saturated carbocycles. The molecule has 2 rings (SSSR count). The second kappa shape index (κ2) is 5.61. The van der Waals surface area contributed by atoms with E-state index in [0.717, 1.165) is 16.7 Å². The normalized spacial score (nSPS) is 12.4. The van der Waals surface area contributed by atoms with Crippen molar-refractivity contribution < 1.29 is 4.39 Å². The van der Waals surface area contributed by atoms with Crippen molar-refractivity contribution in [3.8, 4) is 0 Å². The molecule has 0 saturated heterocycles. The third-order valence-corrected chi connectivity index (χ3v) is 3.22. The van der Waals surface area contributed by atoms with E-state index in [4.69, 9.17) is 5.84 Å². The van der Waals surface area contributed by atoms with Crippen LogP contribution in [0.25, 0.3) is 0 Å². The lowest BCUT2D eigenvalue weighted by atomic mass is 9.98. The minimum atomic E-state index is -0.285. The van der Waals surface area contributed by atoms with E-state index < -0.39 is 0 Å². The first-order valence-electron chi connectivity index (χ1n) is 5.59. The fraction of sp³-hybridized carbons (Fsp3) is 0.143. The number of nitrogens with two attached hydrogens (primary N) is 1. The maximum atomic E-state index is 13.4. The van der Waals surface area contributed by atoms with Crippen molar-refractivity contribution in [1.82, 2.24) is 5.43 Å². The van der Waals surface area contributed by atoms with E-state index in [1.807, 2.05) is 37.3 Å². The van der Waals surface area contributed by atoms with Crippen LogP contribution in [0.15, 0.2) is 46.9 Å². The minimum absolute atomic E-state index is 0.225. The third-order valence-electron chi connectivity index (χ3n) is 2.76. The molecular weight excluding hydrogens is 295 g/mol. The number of hydrogen-bond donors (Lipinski definition) is 2. The highest BCUT2D eigenvalue weighted by Gasteiger charge is 2.14. The minimum Gasteiger partial charge on any atom is -0.271 e. The number of rotatable bonds is 3. The second-order valence-corrected chi connectivity index (χ2v) is 5.13. The number of nitrogens with one attached hydrogen (secondary N) is 1. The Balaban J connectivity index is 2.45. The van der Waals surface area contributed by atoms with Crippen LogP contribution in [0, 0.1) is 12.7 Å². The molecule has 3 N–H and O–H groups in total. The standard InChI is InChI=1S/C14H14BrFN2/c1-9-3-2-4-10(5-9)14(18-17)11-6-12(15)8-13(16)7-11/h2-8,14,18H,17H2,1H3. The summed E-state index contributed by atoms with van der Waals surface area (Å²) in [6.07, 6.45) is 0. The molecule has 0 aliphatic carbocycles. The first-order chi connectivity index (χ1) is 8.60. The maximum Gasteiger partial charge on any atom is 0.124 e. The van der Waals surface area contributed by atoms with Gasteiger partial charge >= 0.3 is 0 Å². The van der Waals surface area contributed by atoms with E-state index in [9.17, 15) is 4.39 Å². The Morgan fingerprint density at radius 3 is 2.56 bits per heavy atom. The molecular formula is C14H14BrFN2. The van der Waals surface area contributed by atoms with Crippen LogP contribution in [0.2, 0.25) is 0 Å². The molecule has 1 atom stereocenters. The first-order valence-corrected chi connectivity index (χ1v) is 6.38. The summed E-state index contributed by atoms with van der Waals surface area (Å²) in [5.74, 6) is 5.31. The Kier molecular flexibility index (Phi) is 4.11. The monoisotopic (exact) mass is 308 g/mol. The molecule has 2 nitrogen and oxygen atoms in total. The topological polar surface area (TPSA) is 38.0 Å². The van der Waals surface area contributed by atoms with Crippen LogP contribution < -0.4 is 11.3 Å². The van der Waals surface area contributed by atoms with E-state index in [2.05, 4.69) is 21.4 Å². The van der Waals surface area contributed by atoms with Crippen molar-refractivity contribution in [2.75, 3.05) is 0 Å². The Labute approximate surface area is 114 Å². The van der Waals surface area contributed by atoms with Crippen molar-refractivity contribution in [3.05, 3.63) is 69.4 Å². The van der Waals surface area contributed by atoms with Crippen LogP contribution in [0.3, 0.4) is 0 Å². The summed E-state index contributed by atoms with van der Waals surface area (Å²) in [4.78, 5) is 0. The van der Waals surface area contributed by atoms with E-state index in [1.165, 1.54) is 12.1 Å². The van der Waals surface area contributed by atoms with Gasteiger partial charge in [-0.25, -0.2) is 9.82 Å². The number of halogens is 2. The fourth-order valence-corrected chi connectivity index (χ4v) is 2.46. The van der Waals surface area contributed by atoms with Crippen LogP contribution >= 0.6 is 15.9 Å². The van der Waals surface area contributed by atoms with Gasteiger partial charge in [0.25, 0.3) is 0 Å². The summed E-state index contributed by atoms with van der Waals surface area (Å²) in [6, 6.07) is 12.5. The van der Waals surface area contributed by atoms with Crippen molar-refractivity contribution in [2.45, 2.75) is 13.0 Å². The van der Waals surface area contributed by atoms with Crippen molar-refractivity contribution >= 4 is 15.9 Å². The smallest absolute Gasteiger partial charge is 0.124 e. The Bertz CT molecular complexity index is 537. The van der Waals surface area contributed by atoms with Crippen molar-refractivity contribution in [2.24, 2.45) is 5.84 Å². The molecule has 0 fully saturated rings. The van der Waals surface area contributed by atoms with Crippen LogP contribution in [0.1, 0.15) is 22.7 Å². The zero-order chi connectivity index (χ0) is 13.1. The molecule has 0 aliphatic heterocycles. The molecule has 18 heavy (non-hydrogen) atoms. The summed E-state index contributed by atoms with van der Waals surface area (Å²) < 4.78 is 14.1. The van der Waals surface area contributed by atoms with E-state index in [-0.39, 0.29) is 11.9 Å². The molecule has 94 valence electrons. The highest BCUT2D eigenvalue weighted by atomic mass is 79.9. The van der Waals surface area contributed by atoms with Crippen LogP contribution in [0.4, 0.5) is 4.39 Å². The molecule has 0 aliphatic rings. The molecule has 1 unspecified atom stereocenters. The highest BCUT2D eigenvalue weighted by Crippen LogP contribution is 2.25. The summed E-state index contributed by atoms with van der Waals surface area (Å²) in [5, 5.41) is 0. The lowest BCUT2D eigenvalue weighted by molar-refractivity contribution is 0.604. The molecule has 0 bridgehead atoms. The second-order valence-electron chi connectivity index (χ2n) is 4.22. The predicted octanol–water partition coefficient (Wildman–Crippen LogP) is 3.45. The molecule has 0 amide bonds. The first kappa shape index (κ1) is 13.2. The number of aryl methyl sites for hydroxylation is 1.